The van der Waals surface area contributed by atoms with Crippen LogP contribution in [0.5, 0.6) is 17.2 Å². The minimum absolute atomic E-state index is 0.126. The zero-order valence-electron chi connectivity index (χ0n) is 16.5. The second-order valence-corrected chi connectivity index (χ2v) is 9.19. The van der Waals surface area contributed by atoms with Crippen molar-refractivity contribution in [1.29, 1.82) is 0 Å². The quantitative estimate of drug-likeness (QED) is 0.748. The summed E-state index contributed by atoms with van der Waals surface area (Å²) < 4.78 is 45.9. The molecule has 0 N–H and O–H groups in total. The summed E-state index contributed by atoms with van der Waals surface area (Å²) in [7, 11) is -1.91. The molecule has 1 aromatic carbocycles. The lowest BCUT2D eigenvalue weighted by Gasteiger charge is -2.31. The molecular weight excluding hydrogens is 396 g/mol. The summed E-state index contributed by atoms with van der Waals surface area (Å²) in [6.45, 7) is 3.41. The van der Waals surface area contributed by atoms with Crippen molar-refractivity contribution in [3.63, 3.8) is 0 Å². The Labute approximate surface area is 169 Å². The van der Waals surface area contributed by atoms with Crippen molar-refractivity contribution in [2.24, 2.45) is 7.05 Å². The average Bonchev–Trinajstić information content (AvgIpc) is 2.72. The van der Waals surface area contributed by atoms with Crippen molar-refractivity contribution < 1.29 is 22.6 Å². The second-order valence-electron chi connectivity index (χ2n) is 7.26. The van der Waals surface area contributed by atoms with Gasteiger partial charge in [0.25, 0.3) is 5.56 Å². The fraction of sp³-hybridized carbons (Fsp3) is 0.450. The fourth-order valence-electron chi connectivity index (χ4n) is 3.52. The van der Waals surface area contributed by atoms with Crippen molar-refractivity contribution in [1.82, 2.24) is 8.87 Å². The van der Waals surface area contributed by atoms with Crippen LogP contribution < -0.4 is 19.8 Å². The molecule has 156 valence electrons. The first-order valence-electron chi connectivity index (χ1n) is 9.59. The van der Waals surface area contributed by atoms with Crippen LogP contribution in [0.25, 0.3) is 0 Å². The first-order chi connectivity index (χ1) is 13.8. The Bertz CT molecular complexity index is 1070. The van der Waals surface area contributed by atoms with E-state index in [-0.39, 0.29) is 16.6 Å². The van der Waals surface area contributed by atoms with Crippen LogP contribution in [0.2, 0.25) is 0 Å². The molecule has 0 unspecified atom stereocenters. The lowest BCUT2D eigenvalue weighted by Crippen LogP contribution is -2.41. The topological polar surface area (TPSA) is 87.1 Å². The largest absolute Gasteiger partial charge is 0.490 e. The number of sulfonamides is 1. The predicted octanol–water partition coefficient (Wildman–Crippen LogP) is 1.70. The highest BCUT2D eigenvalue weighted by molar-refractivity contribution is 7.89. The van der Waals surface area contributed by atoms with Crippen LogP contribution in [0.1, 0.15) is 18.5 Å². The van der Waals surface area contributed by atoms with Crippen LogP contribution >= 0.6 is 0 Å². The van der Waals surface area contributed by atoms with E-state index in [9.17, 15) is 13.2 Å². The number of hydrogen-bond donors (Lipinski definition) is 0. The molecule has 0 aliphatic carbocycles. The summed E-state index contributed by atoms with van der Waals surface area (Å²) in [5, 5.41) is 0. The zero-order valence-corrected chi connectivity index (χ0v) is 17.3. The van der Waals surface area contributed by atoms with Gasteiger partial charge >= 0.3 is 0 Å². The number of aryl methyl sites for hydroxylation is 1. The van der Waals surface area contributed by atoms with E-state index in [0.717, 1.165) is 5.69 Å². The number of pyridine rings is 1. The van der Waals surface area contributed by atoms with Crippen LogP contribution in [-0.4, -0.2) is 49.7 Å². The standard InChI is InChI=1S/C20H24N2O6S/c1-14-11-16(12-20(23)21(14)2)28-15-5-7-22(8-6-15)29(24,25)17-3-4-18-19(13-17)27-10-9-26-18/h3-4,11-13,15H,5-10H2,1-2H3. The van der Waals surface area contributed by atoms with E-state index in [2.05, 4.69) is 0 Å². The number of nitrogens with zero attached hydrogens (tertiary/aromatic N) is 2. The Kier molecular flexibility index (Phi) is 5.26. The van der Waals surface area contributed by atoms with Gasteiger partial charge < -0.3 is 18.8 Å². The molecule has 1 saturated heterocycles. The smallest absolute Gasteiger partial charge is 0.254 e. The van der Waals surface area contributed by atoms with Crippen LogP contribution in [0.3, 0.4) is 0 Å². The number of hydrogen-bond acceptors (Lipinski definition) is 6. The first kappa shape index (κ1) is 19.8. The van der Waals surface area contributed by atoms with Crippen molar-refractivity contribution in [2.75, 3.05) is 26.3 Å². The third kappa shape index (κ3) is 3.97. The highest BCUT2D eigenvalue weighted by Gasteiger charge is 2.31. The van der Waals surface area contributed by atoms with Gasteiger partial charge in [0.15, 0.2) is 11.5 Å². The molecule has 2 aliphatic heterocycles. The maximum atomic E-state index is 13.0. The van der Waals surface area contributed by atoms with Crippen LogP contribution in [-0.2, 0) is 17.1 Å². The minimum atomic E-state index is -3.62. The monoisotopic (exact) mass is 420 g/mol. The van der Waals surface area contributed by atoms with Gasteiger partial charge in [0.2, 0.25) is 10.0 Å². The lowest BCUT2D eigenvalue weighted by atomic mass is 10.1. The maximum absolute atomic E-state index is 13.0. The number of ether oxygens (including phenoxy) is 3. The molecule has 4 rings (SSSR count). The molecule has 0 amide bonds. The minimum Gasteiger partial charge on any atom is -0.490 e. The molecule has 0 bridgehead atoms. The van der Waals surface area contributed by atoms with Crippen molar-refractivity contribution >= 4 is 10.0 Å². The summed E-state index contributed by atoms with van der Waals surface area (Å²) in [5.74, 6) is 1.54. The molecule has 0 atom stereocenters. The zero-order chi connectivity index (χ0) is 20.6. The highest BCUT2D eigenvalue weighted by Crippen LogP contribution is 2.33. The van der Waals surface area contributed by atoms with Crippen LogP contribution in [0.4, 0.5) is 0 Å². The van der Waals surface area contributed by atoms with E-state index in [4.69, 9.17) is 14.2 Å². The van der Waals surface area contributed by atoms with E-state index >= 15 is 0 Å². The van der Waals surface area contributed by atoms with Crippen molar-refractivity contribution in [3.05, 3.63) is 46.4 Å². The van der Waals surface area contributed by atoms with Gasteiger partial charge in [0.1, 0.15) is 25.1 Å². The molecule has 2 aromatic rings. The molecule has 0 radical (unpaired) electrons. The Morgan fingerprint density at radius 2 is 1.72 bits per heavy atom. The number of piperidine rings is 1. The number of aromatic nitrogens is 1. The summed E-state index contributed by atoms with van der Waals surface area (Å²) >= 11 is 0. The maximum Gasteiger partial charge on any atom is 0.254 e. The van der Waals surface area contributed by atoms with Crippen molar-refractivity contribution in [3.8, 4) is 17.2 Å². The fourth-order valence-corrected chi connectivity index (χ4v) is 5.01. The van der Waals surface area contributed by atoms with E-state index in [1.807, 2.05) is 13.0 Å². The normalized spacial score (nSPS) is 17.9. The first-order valence-corrected chi connectivity index (χ1v) is 11.0. The Balaban J connectivity index is 1.43. The van der Waals surface area contributed by atoms with Gasteiger partial charge in [0.05, 0.1) is 4.90 Å². The molecular formula is C20H24N2O6S. The molecule has 1 aromatic heterocycles. The molecule has 8 nitrogen and oxygen atoms in total. The Hall–Kier alpha value is -2.52. The molecule has 9 heteroatoms. The number of fused-ring (bicyclic) bond motifs is 1. The van der Waals surface area contributed by atoms with Gasteiger partial charge in [-0.2, -0.15) is 4.31 Å². The molecule has 1 fully saturated rings. The Morgan fingerprint density at radius 3 is 2.41 bits per heavy atom. The molecule has 3 heterocycles. The second kappa shape index (κ2) is 7.72. The third-order valence-electron chi connectivity index (χ3n) is 5.33. The van der Waals surface area contributed by atoms with E-state index in [1.165, 1.54) is 16.4 Å². The van der Waals surface area contributed by atoms with Crippen LogP contribution in [0, 0.1) is 6.92 Å². The van der Waals surface area contributed by atoms with Gasteiger partial charge in [-0.25, -0.2) is 8.42 Å². The van der Waals surface area contributed by atoms with Gasteiger partial charge in [-0.15, -0.1) is 0 Å². The van der Waals surface area contributed by atoms with E-state index in [0.29, 0.717) is 56.4 Å². The average molecular weight is 420 g/mol. The molecule has 0 spiro atoms. The predicted molar refractivity (Wildman–Crippen MR) is 106 cm³/mol. The van der Waals surface area contributed by atoms with Gasteiger partial charge in [-0.3, -0.25) is 4.79 Å². The Morgan fingerprint density at radius 1 is 1.03 bits per heavy atom. The summed E-state index contributed by atoms with van der Waals surface area (Å²) in [5.41, 5.74) is 0.685. The van der Waals surface area contributed by atoms with Gasteiger partial charge in [0, 0.05) is 38.0 Å². The number of benzene rings is 1. The highest BCUT2D eigenvalue weighted by atomic mass is 32.2. The summed E-state index contributed by atoms with van der Waals surface area (Å²) in [6, 6.07) is 7.99. The molecule has 29 heavy (non-hydrogen) atoms. The summed E-state index contributed by atoms with van der Waals surface area (Å²) in [4.78, 5) is 12.1. The van der Waals surface area contributed by atoms with Crippen molar-refractivity contribution in [2.45, 2.75) is 30.8 Å². The molecule has 0 saturated carbocycles. The lowest BCUT2D eigenvalue weighted by molar-refractivity contribution is 0.134. The van der Waals surface area contributed by atoms with Gasteiger partial charge in [-0.05, 0) is 38.0 Å². The summed E-state index contributed by atoms with van der Waals surface area (Å²) in [6.07, 6.45) is 0.976. The number of rotatable bonds is 4. The molecule has 2 aliphatic rings. The van der Waals surface area contributed by atoms with E-state index < -0.39 is 10.0 Å². The third-order valence-corrected chi connectivity index (χ3v) is 7.23. The van der Waals surface area contributed by atoms with Gasteiger partial charge in [-0.1, -0.05) is 0 Å². The van der Waals surface area contributed by atoms with Crippen LogP contribution in [0.15, 0.2) is 40.0 Å². The SMILES string of the molecule is Cc1cc(OC2CCN(S(=O)(=O)c3ccc4c(c3)OCCO4)CC2)cc(=O)n1C. The van der Waals surface area contributed by atoms with E-state index in [1.54, 1.807) is 23.7 Å².